The highest BCUT2D eigenvalue weighted by atomic mass is 16.5. The molecule has 2 aromatic rings. The second-order valence-electron chi connectivity index (χ2n) is 6.01. The first kappa shape index (κ1) is 15.9. The van der Waals surface area contributed by atoms with Gasteiger partial charge >= 0.3 is 0 Å². The van der Waals surface area contributed by atoms with Crippen molar-refractivity contribution in [2.24, 2.45) is 0 Å². The minimum Gasteiger partial charge on any atom is -0.482 e. The molecule has 1 atom stereocenters. The van der Waals surface area contributed by atoms with Crippen molar-refractivity contribution in [3.05, 3.63) is 59.7 Å². The summed E-state index contributed by atoms with van der Waals surface area (Å²) < 4.78 is 6.17. The molecule has 2 aromatic carbocycles. The first-order valence-electron chi connectivity index (χ1n) is 8.61. The van der Waals surface area contributed by atoms with Gasteiger partial charge in [-0.2, -0.15) is 0 Å². The van der Waals surface area contributed by atoms with E-state index in [1.54, 1.807) is 0 Å². The van der Waals surface area contributed by atoms with Crippen LogP contribution in [0.15, 0.2) is 48.5 Å². The minimum atomic E-state index is 0.0882. The SMILES string of the molecule is CCN(CC)CCc1ccc2c(c1)NCC(c1ccccc1)O2. The van der Waals surface area contributed by atoms with Crippen LogP contribution in [0.4, 0.5) is 5.69 Å². The molecule has 1 N–H and O–H groups in total. The predicted octanol–water partition coefficient (Wildman–Crippen LogP) is 4.12. The molecule has 0 bridgehead atoms. The number of ether oxygens (including phenoxy) is 1. The first-order chi connectivity index (χ1) is 11.3. The van der Waals surface area contributed by atoms with Crippen LogP contribution in [0.2, 0.25) is 0 Å². The molecule has 0 amide bonds. The molecule has 0 aliphatic carbocycles. The van der Waals surface area contributed by atoms with Crippen molar-refractivity contribution in [2.75, 3.05) is 31.5 Å². The van der Waals surface area contributed by atoms with Gasteiger partial charge in [0.05, 0.1) is 12.2 Å². The van der Waals surface area contributed by atoms with Gasteiger partial charge in [-0.1, -0.05) is 50.2 Å². The average Bonchev–Trinajstić information content (AvgIpc) is 2.63. The monoisotopic (exact) mass is 310 g/mol. The van der Waals surface area contributed by atoms with Crippen molar-refractivity contribution < 1.29 is 4.74 Å². The lowest BCUT2D eigenvalue weighted by molar-refractivity contribution is 0.210. The zero-order valence-corrected chi connectivity index (χ0v) is 14.1. The summed E-state index contributed by atoms with van der Waals surface area (Å²) in [6.07, 6.45) is 1.17. The highest BCUT2D eigenvalue weighted by Gasteiger charge is 2.20. The van der Waals surface area contributed by atoms with Crippen LogP contribution in [0.3, 0.4) is 0 Å². The van der Waals surface area contributed by atoms with Gasteiger partial charge in [0.15, 0.2) is 0 Å². The Balaban J connectivity index is 1.66. The summed E-state index contributed by atoms with van der Waals surface area (Å²) in [5, 5.41) is 3.53. The number of rotatable bonds is 6. The van der Waals surface area contributed by atoms with Gasteiger partial charge < -0.3 is 15.0 Å². The van der Waals surface area contributed by atoms with Gasteiger partial charge in [0.25, 0.3) is 0 Å². The lowest BCUT2D eigenvalue weighted by Crippen LogP contribution is -2.26. The van der Waals surface area contributed by atoms with Crippen molar-refractivity contribution in [1.29, 1.82) is 0 Å². The lowest BCUT2D eigenvalue weighted by atomic mass is 10.1. The molecule has 23 heavy (non-hydrogen) atoms. The topological polar surface area (TPSA) is 24.5 Å². The molecular weight excluding hydrogens is 284 g/mol. The smallest absolute Gasteiger partial charge is 0.143 e. The minimum absolute atomic E-state index is 0.0882. The molecule has 1 heterocycles. The van der Waals surface area contributed by atoms with Gasteiger partial charge in [-0.15, -0.1) is 0 Å². The maximum Gasteiger partial charge on any atom is 0.143 e. The molecule has 3 rings (SSSR count). The van der Waals surface area contributed by atoms with E-state index in [4.69, 9.17) is 4.74 Å². The second-order valence-corrected chi connectivity index (χ2v) is 6.01. The van der Waals surface area contributed by atoms with Crippen LogP contribution < -0.4 is 10.1 Å². The first-order valence-corrected chi connectivity index (χ1v) is 8.61. The van der Waals surface area contributed by atoms with E-state index in [9.17, 15) is 0 Å². The number of benzene rings is 2. The Bertz CT molecular complexity index is 623. The van der Waals surface area contributed by atoms with Crippen LogP contribution in [0, 0.1) is 0 Å². The zero-order chi connectivity index (χ0) is 16.1. The highest BCUT2D eigenvalue weighted by molar-refractivity contribution is 5.60. The molecule has 0 saturated heterocycles. The van der Waals surface area contributed by atoms with E-state index in [0.29, 0.717) is 0 Å². The largest absolute Gasteiger partial charge is 0.482 e. The highest BCUT2D eigenvalue weighted by Crippen LogP contribution is 2.34. The summed E-state index contributed by atoms with van der Waals surface area (Å²) in [6, 6.07) is 16.9. The normalized spacial score (nSPS) is 16.6. The van der Waals surface area contributed by atoms with Crippen molar-refractivity contribution in [1.82, 2.24) is 4.90 Å². The Hall–Kier alpha value is -2.00. The molecule has 0 fully saturated rings. The van der Waals surface area contributed by atoms with Gasteiger partial charge in [0.2, 0.25) is 0 Å². The fourth-order valence-corrected chi connectivity index (χ4v) is 3.05. The van der Waals surface area contributed by atoms with Crippen molar-refractivity contribution in [3.63, 3.8) is 0 Å². The molecule has 0 radical (unpaired) electrons. The summed E-state index contributed by atoms with van der Waals surface area (Å²) in [6.45, 7) is 8.59. The third kappa shape index (κ3) is 3.85. The van der Waals surface area contributed by atoms with E-state index in [-0.39, 0.29) is 6.10 Å². The maximum atomic E-state index is 6.17. The predicted molar refractivity (Wildman–Crippen MR) is 96.2 cm³/mol. The number of nitrogens with zero attached hydrogens (tertiary/aromatic N) is 1. The number of nitrogens with one attached hydrogen (secondary N) is 1. The van der Waals surface area contributed by atoms with E-state index >= 15 is 0 Å². The van der Waals surface area contributed by atoms with Crippen molar-refractivity contribution >= 4 is 5.69 Å². The molecule has 0 aromatic heterocycles. The Labute approximate surface area is 139 Å². The van der Waals surface area contributed by atoms with Gasteiger partial charge in [0, 0.05) is 6.54 Å². The zero-order valence-electron chi connectivity index (χ0n) is 14.1. The van der Waals surface area contributed by atoms with Crippen molar-refractivity contribution in [2.45, 2.75) is 26.4 Å². The Kier molecular flexibility index (Phi) is 5.19. The van der Waals surface area contributed by atoms with Gasteiger partial charge in [-0.3, -0.25) is 0 Å². The van der Waals surface area contributed by atoms with E-state index < -0.39 is 0 Å². The van der Waals surface area contributed by atoms with Crippen LogP contribution in [0.1, 0.15) is 31.1 Å². The second kappa shape index (κ2) is 7.51. The summed E-state index contributed by atoms with van der Waals surface area (Å²) in [5.74, 6) is 0.955. The molecule has 0 spiro atoms. The third-order valence-electron chi connectivity index (χ3n) is 4.57. The van der Waals surface area contributed by atoms with E-state index in [2.05, 4.69) is 66.5 Å². The Morgan fingerprint density at radius 3 is 2.61 bits per heavy atom. The molecule has 1 aliphatic rings. The fraction of sp³-hybridized carbons (Fsp3) is 0.400. The quantitative estimate of drug-likeness (QED) is 0.869. The molecule has 3 heteroatoms. The van der Waals surface area contributed by atoms with Crippen LogP contribution in [-0.4, -0.2) is 31.1 Å². The number of anilines is 1. The summed E-state index contributed by atoms with van der Waals surface area (Å²) in [5.41, 5.74) is 3.70. The molecule has 1 aliphatic heterocycles. The molecule has 3 nitrogen and oxygen atoms in total. The van der Waals surface area contributed by atoms with Crippen LogP contribution in [-0.2, 0) is 6.42 Å². The number of hydrogen-bond acceptors (Lipinski definition) is 3. The molecular formula is C20H26N2O. The fourth-order valence-electron chi connectivity index (χ4n) is 3.05. The van der Waals surface area contributed by atoms with Gasteiger partial charge in [0.1, 0.15) is 11.9 Å². The van der Waals surface area contributed by atoms with Crippen LogP contribution in [0.5, 0.6) is 5.75 Å². The summed E-state index contributed by atoms with van der Waals surface area (Å²) in [7, 11) is 0. The Morgan fingerprint density at radius 2 is 1.87 bits per heavy atom. The molecule has 1 unspecified atom stereocenters. The third-order valence-corrected chi connectivity index (χ3v) is 4.57. The molecule has 122 valence electrons. The van der Waals surface area contributed by atoms with Crippen molar-refractivity contribution in [3.8, 4) is 5.75 Å². The van der Waals surface area contributed by atoms with Crippen LogP contribution >= 0.6 is 0 Å². The maximum absolute atomic E-state index is 6.17. The van der Waals surface area contributed by atoms with Gasteiger partial charge in [-0.05, 0) is 42.8 Å². The number of fused-ring (bicyclic) bond motifs is 1. The van der Waals surface area contributed by atoms with Gasteiger partial charge in [-0.25, -0.2) is 0 Å². The van der Waals surface area contributed by atoms with E-state index in [1.807, 2.05) is 6.07 Å². The Morgan fingerprint density at radius 1 is 1.09 bits per heavy atom. The summed E-state index contributed by atoms with van der Waals surface area (Å²) >= 11 is 0. The standard InChI is InChI=1S/C20H26N2O/c1-3-22(4-2)13-12-16-10-11-19-18(14-16)21-15-20(23-19)17-8-6-5-7-9-17/h5-11,14,20-21H,3-4,12-13,15H2,1-2H3. The van der Waals surface area contributed by atoms with E-state index in [1.165, 1.54) is 11.1 Å². The summed E-state index contributed by atoms with van der Waals surface area (Å²) in [4.78, 5) is 2.45. The van der Waals surface area contributed by atoms with E-state index in [0.717, 1.165) is 44.0 Å². The van der Waals surface area contributed by atoms with Crippen LogP contribution in [0.25, 0.3) is 0 Å². The molecule has 0 saturated carbocycles. The average molecular weight is 310 g/mol. The number of likely N-dealkylation sites (N-methyl/N-ethyl adjacent to an activating group) is 1. The lowest BCUT2D eigenvalue weighted by Gasteiger charge is -2.28. The number of hydrogen-bond donors (Lipinski definition) is 1.